The van der Waals surface area contributed by atoms with Crippen molar-refractivity contribution >= 4 is 28.4 Å². The van der Waals surface area contributed by atoms with Crippen LogP contribution in [0.25, 0.3) is 10.9 Å². The number of hydrogen-bond acceptors (Lipinski definition) is 7. The lowest BCUT2D eigenvalue weighted by Crippen LogP contribution is -2.47. The van der Waals surface area contributed by atoms with Crippen molar-refractivity contribution in [2.75, 3.05) is 63.2 Å². The second-order valence-electron chi connectivity index (χ2n) is 10.9. The molecule has 0 bridgehead atoms. The van der Waals surface area contributed by atoms with Crippen molar-refractivity contribution in [2.45, 2.75) is 26.2 Å². The monoisotopic (exact) mass is 593 g/mol. The maximum atomic E-state index is 13.9. The maximum Gasteiger partial charge on any atom is 0.433 e. The minimum atomic E-state index is -4.42. The van der Waals surface area contributed by atoms with Gasteiger partial charge in [0.2, 0.25) is 0 Å². The molecular formula is C31H34F3N7O2. The zero-order valence-electron chi connectivity index (χ0n) is 24.4. The predicted molar refractivity (Wildman–Crippen MR) is 159 cm³/mol. The number of rotatable bonds is 7. The van der Waals surface area contributed by atoms with Gasteiger partial charge in [0, 0.05) is 52.9 Å². The van der Waals surface area contributed by atoms with Gasteiger partial charge in [0.05, 0.1) is 35.9 Å². The molecule has 0 unspecified atom stereocenters. The Morgan fingerprint density at radius 2 is 1.70 bits per heavy atom. The number of aromatic nitrogens is 2. The van der Waals surface area contributed by atoms with E-state index in [1.54, 1.807) is 29.1 Å². The third kappa shape index (κ3) is 5.47. The third-order valence-electron chi connectivity index (χ3n) is 8.25. The van der Waals surface area contributed by atoms with Crippen molar-refractivity contribution < 1.29 is 22.7 Å². The first kappa shape index (κ1) is 28.8. The first-order valence-electron chi connectivity index (χ1n) is 14.3. The van der Waals surface area contributed by atoms with E-state index < -0.39 is 11.9 Å². The van der Waals surface area contributed by atoms with Crippen LogP contribution >= 0.6 is 0 Å². The van der Waals surface area contributed by atoms with Crippen LogP contribution in [0.15, 0.2) is 66.3 Å². The average Bonchev–Trinajstić information content (AvgIpc) is 2.99. The molecule has 0 saturated carbocycles. The fraction of sp³-hybridized carbons (Fsp3) is 0.387. The molecule has 6 rings (SSSR count). The summed E-state index contributed by atoms with van der Waals surface area (Å²) in [5.74, 6) is 1.34. The Bertz CT molecular complexity index is 1580. The number of carbonyl (C=O) groups excluding carboxylic acids is 1. The number of halogens is 3. The van der Waals surface area contributed by atoms with Crippen molar-refractivity contribution in [3.05, 3.63) is 77.4 Å². The van der Waals surface area contributed by atoms with Crippen LogP contribution in [0.4, 0.5) is 29.5 Å². The molecule has 1 aromatic heterocycles. The summed E-state index contributed by atoms with van der Waals surface area (Å²) in [7, 11) is 3.09. The standard InChI is InChI=1S/C31H34F3N7O2/c1-4-40-29-27-24(35-20-36-29)16-22(17-26(27)41(30(40)42)19-21-7-9-23(43-3)10-8-21)18-38-12-14-39(15-13-38)25-6-5-11-37(2)28(25)31(32,33)34/h5-10,16-17,20H,4,11-15,18-19H2,1-3H3. The van der Waals surface area contributed by atoms with E-state index in [4.69, 9.17) is 4.74 Å². The lowest BCUT2D eigenvalue weighted by molar-refractivity contribution is -0.111. The number of likely N-dealkylation sites (N-methyl/N-ethyl adjacent to an activating group) is 1. The highest BCUT2D eigenvalue weighted by molar-refractivity contribution is 6.18. The molecule has 2 amide bonds. The second-order valence-corrected chi connectivity index (χ2v) is 10.9. The van der Waals surface area contributed by atoms with Gasteiger partial charge in [0.1, 0.15) is 23.6 Å². The average molecular weight is 594 g/mol. The van der Waals surface area contributed by atoms with Crippen LogP contribution in [0.1, 0.15) is 18.1 Å². The number of carbonyl (C=O) groups is 1. The van der Waals surface area contributed by atoms with Crippen LogP contribution in [0, 0.1) is 0 Å². The molecule has 2 aromatic carbocycles. The maximum absolute atomic E-state index is 13.9. The van der Waals surface area contributed by atoms with Crippen LogP contribution in [0.3, 0.4) is 0 Å². The molecular weight excluding hydrogens is 559 g/mol. The van der Waals surface area contributed by atoms with Gasteiger partial charge in [-0.3, -0.25) is 14.7 Å². The SMILES string of the molecule is CCN1C(=O)N(Cc2ccc(OC)cc2)c2cc(CN3CCN(C4=C(C(F)(F)F)N(C)CC=C4)CC3)cc3ncnc1c23. The Morgan fingerprint density at radius 3 is 2.37 bits per heavy atom. The summed E-state index contributed by atoms with van der Waals surface area (Å²) >= 11 is 0. The highest BCUT2D eigenvalue weighted by Crippen LogP contribution is 2.40. The number of urea groups is 1. The molecule has 3 aliphatic heterocycles. The van der Waals surface area contributed by atoms with E-state index in [1.165, 1.54) is 18.3 Å². The second kappa shape index (κ2) is 11.4. The van der Waals surface area contributed by atoms with Gasteiger partial charge in [-0.05, 0) is 48.4 Å². The summed E-state index contributed by atoms with van der Waals surface area (Å²) in [5, 5.41) is 0.825. The number of benzene rings is 2. The van der Waals surface area contributed by atoms with Crippen molar-refractivity contribution in [3.63, 3.8) is 0 Å². The topological polar surface area (TPSA) is 68.3 Å². The zero-order valence-corrected chi connectivity index (χ0v) is 24.4. The highest BCUT2D eigenvalue weighted by atomic mass is 19.4. The van der Waals surface area contributed by atoms with Crippen LogP contribution in [-0.4, -0.2) is 90.3 Å². The molecule has 0 N–H and O–H groups in total. The smallest absolute Gasteiger partial charge is 0.433 e. The van der Waals surface area contributed by atoms with Gasteiger partial charge < -0.3 is 14.5 Å². The summed E-state index contributed by atoms with van der Waals surface area (Å²) < 4.78 is 46.9. The van der Waals surface area contributed by atoms with Crippen molar-refractivity contribution in [3.8, 4) is 5.75 Å². The number of nitrogens with zero attached hydrogens (tertiary/aromatic N) is 7. The van der Waals surface area contributed by atoms with Crippen LogP contribution in [-0.2, 0) is 13.1 Å². The van der Waals surface area contributed by atoms with Crippen molar-refractivity contribution in [1.29, 1.82) is 0 Å². The molecule has 4 heterocycles. The lowest BCUT2D eigenvalue weighted by atomic mass is 10.0. The van der Waals surface area contributed by atoms with Crippen molar-refractivity contribution in [2.24, 2.45) is 0 Å². The normalized spacial score (nSPS) is 17.9. The van der Waals surface area contributed by atoms with E-state index in [0.717, 1.165) is 33.5 Å². The Kier molecular flexibility index (Phi) is 7.63. The molecule has 1 saturated heterocycles. The number of anilines is 2. The third-order valence-corrected chi connectivity index (χ3v) is 8.25. The van der Waals surface area contributed by atoms with E-state index in [1.807, 2.05) is 48.2 Å². The van der Waals surface area contributed by atoms with Gasteiger partial charge in [0.15, 0.2) is 0 Å². The molecule has 226 valence electrons. The number of methoxy groups -OCH3 is 1. The quantitative estimate of drug-likeness (QED) is 0.382. The van der Waals surface area contributed by atoms with Crippen LogP contribution < -0.4 is 14.5 Å². The van der Waals surface area contributed by atoms with E-state index in [9.17, 15) is 18.0 Å². The van der Waals surface area contributed by atoms with Gasteiger partial charge in [0.25, 0.3) is 0 Å². The minimum absolute atomic E-state index is 0.157. The summed E-state index contributed by atoms with van der Waals surface area (Å²) in [6, 6.07) is 11.5. The molecule has 1 fully saturated rings. The number of amides is 2. The Labute approximate surface area is 248 Å². The van der Waals surface area contributed by atoms with E-state index >= 15 is 0 Å². The van der Waals surface area contributed by atoms with Gasteiger partial charge in [-0.2, -0.15) is 13.2 Å². The Balaban J connectivity index is 1.27. The first-order valence-corrected chi connectivity index (χ1v) is 14.3. The number of allylic oxidation sites excluding steroid dienone is 2. The van der Waals surface area contributed by atoms with Gasteiger partial charge in [-0.25, -0.2) is 14.8 Å². The summed E-state index contributed by atoms with van der Waals surface area (Å²) in [4.78, 5) is 31.5. The molecule has 3 aromatic rings. The van der Waals surface area contributed by atoms with E-state index in [-0.39, 0.29) is 18.3 Å². The van der Waals surface area contributed by atoms with E-state index in [0.29, 0.717) is 51.6 Å². The van der Waals surface area contributed by atoms with Gasteiger partial charge in [-0.15, -0.1) is 0 Å². The number of hydrogen-bond donors (Lipinski definition) is 0. The largest absolute Gasteiger partial charge is 0.497 e. The fourth-order valence-corrected chi connectivity index (χ4v) is 6.12. The lowest BCUT2D eigenvalue weighted by Gasteiger charge is -2.40. The van der Waals surface area contributed by atoms with E-state index in [2.05, 4.69) is 14.9 Å². The number of piperazine rings is 1. The fourth-order valence-electron chi connectivity index (χ4n) is 6.12. The molecule has 0 radical (unpaired) electrons. The molecule has 0 spiro atoms. The molecule has 12 heteroatoms. The first-order chi connectivity index (χ1) is 20.7. The van der Waals surface area contributed by atoms with Crippen molar-refractivity contribution in [1.82, 2.24) is 24.7 Å². The molecule has 0 atom stereocenters. The highest BCUT2D eigenvalue weighted by Gasteiger charge is 2.41. The summed E-state index contributed by atoms with van der Waals surface area (Å²) in [6.45, 7) is 5.74. The molecule has 3 aliphatic rings. The van der Waals surface area contributed by atoms with Crippen LogP contribution in [0.2, 0.25) is 0 Å². The molecule has 0 aliphatic carbocycles. The zero-order chi connectivity index (χ0) is 30.3. The Hall–Kier alpha value is -4.32. The van der Waals surface area contributed by atoms with Gasteiger partial charge >= 0.3 is 12.2 Å². The van der Waals surface area contributed by atoms with Crippen LogP contribution in [0.5, 0.6) is 5.75 Å². The molecule has 43 heavy (non-hydrogen) atoms. The minimum Gasteiger partial charge on any atom is -0.497 e. The van der Waals surface area contributed by atoms with Gasteiger partial charge in [-0.1, -0.05) is 18.2 Å². The predicted octanol–water partition coefficient (Wildman–Crippen LogP) is 5.00. The summed E-state index contributed by atoms with van der Waals surface area (Å²) in [6.07, 6.45) is 0.436. The summed E-state index contributed by atoms with van der Waals surface area (Å²) in [5.41, 5.74) is 3.07. The molecule has 9 nitrogen and oxygen atoms in total. The number of alkyl halides is 3. The Morgan fingerprint density at radius 1 is 0.953 bits per heavy atom. The number of ether oxygens (including phenoxy) is 1.